The predicted octanol–water partition coefficient (Wildman–Crippen LogP) is 3.88. The summed E-state index contributed by atoms with van der Waals surface area (Å²) < 4.78 is 0. The van der Waals surface area contributed by atoms with E-state index in [1.807, 2.05) is 71.0 Å². The fourth-order valence-corrected chi connectivity index (χ4v) is 6.81. The summed E-state index contributed by atoms with van der Waals surface area (Å²) in [4.78, 5) is 43.0. The summed E-state index contributed by atoms with van der Waals surface area (Å²) in [6.07, 6.45) is 5.21. The molecule has 0 saturated carbocycles. The van der Waals surface area contributed by atoms with Gasteiger partial charge in [-0.2, -0.15) is 0 Å². The van der Waals surface area contributed by atoms with Gasteiger partial charge in [0.1, 0.15) is 12.4 Å². The van der Waals surface area contributed by atoms with Crippen LogP contribution in [0.2, 0.25) is 0 Å². The van der Waals surface area contributed by atoms with Crippen LogP contribution in [-0.2, 0) is 20.4 Å². The first-order valence-electron chi connectivity index (χ1n) is 17.7. The number of carbonyl (C=O) groups is 2. The van der Waals surface area contributed by atoms with E-state index in [0.717, 1.165) is 39.1 Å². The highest BCUT2D eigenvalue weighted by atomic mass is 16.5. The van der Waals surface area contributed by atoms with Crippen LogP contribution in [0.3, 0.4) is 0 Å². The minimum atomic E-state index is -0.750. The van der Waals surface area contributed by atoms with Gasteiger partial charge >= 0.3 is 0 Å². The Morgan fingerprint density at radius 1 is 0.673 bits per heavy atom. The lowest BCUT2D eigenvalue weighted by molar-refractivity contribution is -0.739. The van der Waals surface area contributed by atoms with Crippen molar-refractivity contribution < 1.29 is 24.3 Å². The molecule has 6 heterocycles. The maximum absolute atomic E-state index is 13.1. The molecule has 0 saturated heterocycles. The Morgan fingerprint density at radius 3 is 1.62 bits per heavy atom. The number of amidine groups is 1. The molecule has 1 unspecified atom stereocenters. The third kappa shape index (κ3) is 6.36. The van der Waals surface area contributed by atoms with E-state index in [9.17, 15) is 25.2 Å². The van der Waals surface area contributed by atoms with Crippen LogP contribution in [0.1, 0.15) is 68.5 Å². The zero-order chi connectivity index (χ0) is 39.6. The highest BCUT2D eigenvalue weighted by Gasteiger charge is 2.47. The summed E-state index contributed by atoms with van der Waals surface area (Å²) in [7, 11) is 0. The summed E-state index contributed by atoms with van der Waals surface area (Å²) in [5, 5.41) is 44.0. The van der Waals surface area contributed by atoms with Crippen molar-refractivity contribution in [2.24, 2.45) is 4.99 Å². The quantitative estimate of drug-likeness (QED) is 0.211. The highest BCUT2D eigenvalue weighted by molar-refractivity contribution is 6.13. The lowest BCUT2D eigenvalue weighted by atomic mass is 9.85. The van der Waals surface area contributed by atoms with E-state index in [1.165, 1.54) is 9.80 Å². The van der Waals surface area contributed by atoms with Crippen LogP contribution in [0.5, 0.6) is 0 Å². The van der Waals surface area contributed by atoms with Gasteiger partial charge in [-0.3, -0.25) is 19.4 Å². The number of anilines is 4. The number of amides is 2. The van der Waals surface area contributed by atoms with Gasteiger partial charge in [-0.25, -0.2) is 15.0 Å². The molecule has 5 aromatic rings. The Hall–Kier alpha value is -6.45. The molecule has 3 aliphatic rings. The van der Waals surface area contributed by atoms with Gasteiger partial charge in [0.25, 0.3) is 0 Å². The monoisotopic (exact) mass is 740 g/mol. The van der Waals surface area contributed by atoms with Gasteiger partial charge < -0.3 is 20.7 Å². The van der Waals surface area contributed by atoms with Crippen molar-refractivity contribution in [3.8, 4) is 11.1 Å². The Labute approximate surface area is 317 Å². The first-order valence-corrected chi connectivity index (χ1v) is 17.7. The lowest BCUT2D eigenvalue weighted by Gasteiger charge is -2.25. The number of benzene rings is 2. The van der Waals surface area contributed by atoms with Crippen LogP contribution < -0.4 is 24.6 Å². The minimum absolute atomic E-state index is 0.0149. The zero-order valence-electron chi connectivity index (χ0n) is 31.8. The maximum atomic E-state index is 13.1. The molecule has 55 heavy (non-hydrogen) atoms. The van der Waals surface area contributed by atoms with Gasteiger partial charge in [0, 0.05) is 72.8 Å². The molecule has 8 rings (SSSR count). The normalized spacial score (nSPS) is 17.9. The number of hydroxylamine groups is 2. The lowest BCUT2D eigenvalue weighted by Crippen LogP contribution is -3.10. The molecular formula is C40H40N10O5. The average Bonchev–Trinajstić information content (AvgIpc) is 3.48. The number of aliphatic imine (C=N–C) groups is 1. The molecule has 15 nitrogen and oxygen atoms in total. The summed E-state index contributed by atoms with van der Waals surface area (Å²) in [5.74, 6) is 1.50. The van der Waals surface area contributed by atoms with Crippen LogP contribution in [0.25, 0.3) is 16.7 Å². The van der Waals surface area contributed by atoms with Crippen molar-refractivity contribution >= 4 is 46.2 Å². The molecule has 280 valence electrons. The van der Waals surface area contributed by atoms with E-state index < -0.39 is 10.8 Å². The molecule has 0 bridgehead atoms. The molecule has 0 fully saturated rings. The number of nitrogens with zero attached hydrogens (tertiary/aromatic N) is 9. The zero-order valence-corrected chi connectivity index (χ0v) is 31.8. The molecule has 3 aromatic heterocycles. The number of aryl methyl sites for hydroxylation is 3. The van der Waals surface area contributed by atoms with Crippen LogP contribution in [0.4, 0.5) is 23.0 Å². The fourth-order valence-electron chi connectivity index (χ4n) is 6.81. The number of rotatable bonds is 4. The summed E-state index contributed by atoms with van der Waals surface area (Å²) in [6, 6.07) is 18.2. The number of nitrogens with one attached hydrogen (secondary N) is 1. The number of carbonyl (C=O) groups excluding carboxylic acids is 2. The van der Waals surface area contributed by atoms with Crippen LogP contribution in [-0.4, -0.2) is 44.4 Å². The van der Waals surface area contributed by atoms with Crippen LogP contribution in [0.15, 0.2) is 84.2 Å². The smallest absolute Gasteiger partial charge is 0.243 e. The SMILES string of the molecule is CC1=NC=C(c2ccc3c(c2)N(c2ccc(C)[n+]([O-])n2)C(=O)C3(C)C)C[NH+]1[O-].Cc1ncc(-c2ccc3c(c2)N(c2ccc(C)[n+]([O-])n2)C(=O)C3(C)C)cn1. The van der Waals surface area contributed by atoms with Crippen LogP contribution in [0, 0.1) is 36.4 Å². The topological polar surface area (TPSA) is 186 Å². The summed E-state index contributed by atoms with van der Waals surface area (Å²) >= 11 is 0. The predicted molar refractivity (Wildman–Crippen MR) is 205 cm³/mol. The molecule has 1 N–H and O–H groups in total. The Bertz CT molecular complexity index is 2460. The Kier molecular flexibility index (Phi) is 9.02. The molecule has 15 heteroatoms. The minimum Gasteiger partial charge on any atom is -0.628 e. The first-order chi connectivity index (χ1) is 26.0. The number of fused-ring (bicyclic) bond motifs is 2. The molecule has 0 radical (unpaired) electrons. The largest absolute Gasteiger partial charge is 0.628 e. The van der Waals surface area contributed by atoms with Crippen molar-refractivity contribution in [2.75, 3.05) is 16.3 Å². The van der Waals surface area contributed by atoms with Gasteiger partial charge in [0.2, 0.25) is 34.8 Å². The average molecular weight is 741 g/mol. The van der Waals surface area contributed by atoms with Crippen molar-refractivity contribution in [2.45, 2.75) is 66.2 Å². The van der Waals surface area contributed by atoms with Crippen molar-refractivity contribution in [1.29, 1.82) is 0 Å². The van der Waals surface area contributed by atoms with Crippen molar-refractivity contribution in [3.63, 3.8) is 0 Å². The van der Waals surface area contributed by atoms with Gasteiger partial charge in [-0.1, -0.05) is 34.0 Å². The molecule has 0 aliphatic carbocycles. The van der Waals surface area contributed by atoms with Gasteiger partial charge in [0.15, 0.2) is 5.84 Å². The van der Waals surface area contributed by atoms with Gasteiger partial charge in [-0.15, -0.1) is 0 Å². The standard InChI is InChI=1S/C20H21N5O3.C20H19N5O2/c1-12-5-8-18(22-25(12)28)24-17-9-14(15-10-21-13(2)23(27)11-15)6-7-16(17)20(3,4)19(24)26;1-12-5-8-18(23-25(12)27)24-17-9-14(15-10-21-13(2)22-11-15)6-7-16(17)20(3,4)19(24)26/h5-10,23H,11H2,1-4H3;5-11H,1-4H3. The third-order valence-corrected chi connectivity index (χ3v) is 10.3. The van der Waals surface area contributed by atoms with Crippen LogP contribution >= 0.6 is 0 Å². The molecule has 2 amide bonds. The summed E-state index contributed by atoms with van der Waals surface area (Å²) in [6.45, 7) is 14.6. The summed E-state index contributed by atoms with van der Waals surface area (Å²) in [5.41, 5.74) is 5.96. The van der Waals surface area contributed by atoms with Crippen molar-refractivity contribution in [3.05, 3.63) is 129 Å². The molecule has 2 aromatic carbocycles. The number of hydrogen-bond acceptors (Lipinski definition) is 10. The van der Waals surface area contributed by atoms with E-state index in [2.05, 4.69) is 25.2 Å². The highest BCUT2D eigenvalue weighted by Crippen LogP contribution is 2.47. The Balaban J connectivity index is 0.000000169. The van der Waals surface area contributed by atoms with E-state index in [1.54, 1.807) is 63.6 Å². The molecule has 0 spiro atoms. The number of quaternary nitrogens is 1. The van der Waals surface area contributed by atoms with E-state index in [-0.39, 0.29) is 29.2 Å². The molecule has 1 atom stereocenters. The number of aromatic nitrogens is 6. The fraction of sp³-hybridized carbons (Fsp3) is 0.275. The van der Waals surface area contributed by atoms with Gasteiger partial charge in [-0.05, 0) is 81.1 Å². The second-order valence-electron chi connectivity index (χ2n) is 14.9. The molecule has 3 aliphatic heterocycles. The first kappa shape index (κ1) is 36.9. The Morgan fingerprint density at radius 2 is 1.15 bits per heavy atom. The second kappa shape index (κ2) is 13.4. The number of hydrogen-bond donors (Lipinski definition) is 1. The maximum Gasteiger partial charge on any atom is 0.243 e. The van der Waals surface area contributed by atoms with E-state index in [4.69, 9.17) is 0 Å². The third-order valence-electron chi connectivity index (χ3n) is 10.3. The molecular weight excluding hydrogens is 701 g/mol. The van der Waals surface area contributed by atoms with E-state index >= 15 is 0 Å². The van der Waals surface area contributed by atoms with Crippen molar-refractivity contribution in [1.82, 2.24) is 20.2 Å². The van der Waals surface area contributed by atoms with Gasteiger partial charge in [0.05, 0.1) is 22.2 Å². The second-order valence-corrected chi connectivity index (χ2v) is 14.9. The van der Waals surface area contributed by atoms with E-state index in [0.29, 0.717) is 44.2 Å².